The number of halogens is 1. The highest BCUT2D eigenvalue weighted by atomic mass is 35.5. The first kappa shape index (κ1) is 13.0. The van der Waals surface area contributed by atoms with Crippen LogP contribution in [-0.2, 0) is 12.0 Å². The van der Waals surface area contributed by atoms with Crippen LogP contribution in [0.3, 0.4) is 0 Å². The van der Waals surface area contributed by atoms with Crippen LogP contribution in [0.2, 0.25) is 5.15 Å². The molecule has 18 heavy (non-hydrogen) atoms. The summed E-state index contributed by atoms with van der Waals surface area (Å²) in [4.78, 5) is 13.2. The third kappa shape index (κ3) is 2.53. The first-order valence-electron chi connectivity index (χ1n) is 5.98. The molecule has 0 aliphatic rings. The Labute approximate surface area is 112 Å². The Balaban J connectivity index is 2.56. The first-order valence-corrected chi connectivity index (χ1v) is 6.36. The van der Waals surface area contributed by atoms with Gasteiger partial charge in [-0.15, -0.1) is 0 Å². The number of aromatic nitrogens is 4. The van der Waals surface area contributed by atoms with E-state index in [9.17, 15) is 0 Å². The van der Waals surface area contributed by atoms with Gasteiger partial charge in [0.2, 0.25) is 0 Å². The fourth-order valence-corrected chi connectivity index (χ4v) is 1.85. The molecule has 0 radical (unpaired) electrons. The Morgan fingerprint density at radius 3 is 2.61 bits per heavy atom. The minimum atomic E-state index is -0.136. The average molecular weight is 265 g/mol. The van der Waals surface area contributed by atoms with Gasteiger partial charge in [0, 0.05) is 30.4 Å². The molecular formula is C13H17ClN4. The molecule has 2 rings (SSSR count). The lowest BCUT2D eigenvalue weighted by Crippen LogP contribution is -2.16. The van der Waals surface area contributed by atoms with E-state index in [2.05, 4.69) is 42.6 Å². The molecule has 2 aromatic heterocycles. The molecule has 0 aromatic carbocycles. The van der Waals surface area contributed by atoms with Crippen molar-refractivity contribution in [2.75, 3.05) is 0 Å². The summed E-state index contributed by atoms with van der Waals surface area (Å²) in [6.07, 6.45) is 3.70. The fraction of sp³-hybridized carbons (Fsp3) is 0.462. The topological polar surface area (TPSA) is 43.6 Å². The molecule has 0 N–H and O–H groups in total. The molecule has 0 amide bonds. The Morgan fingerprint density at radius 1 is 1.28 bits per heavy atom. The highest BCUT2D eigenvalue weighted by molar-refractivity contribution is 6.29. The molecule has 0 aliphatic carbocycles. The molecule has 0 atom stereocenters. The maximum absolute atomic E-state index is 6.08. The summed E-state index contributed by atoms with van der Waals surface area (Å²) in [5.74, 6) is 1.56. The van der Waals surface area contributed by atoms with Crippen LogP contribution in [0.5, 0.6) is 0 Å². The van der Waals surface area contributed by atoms with Gasteiger partial charge < -0.3 is 4.57 Å². The Kier molecular flexibility index (Phi) is 3.39. The predicted octanol–water partition coefficient (Wildman–Crippen LogP) is 3.31. The molecule has 5 heteroatoms. The molecule has 96 valence electrons. The van der Waals surface area contributed by atoms with Crippen LogP contribution < -0.4 is 0 Å². The van der Waals surface area contributed by atoms with E-state index < -0.39 is 0 Å². The highest BCUT2D eigenvalue weighted by Crippen LogP contribution is 2.24. The second kappa shape index (κ2) is 4.69. The SMILES string of the molecule is CCn1ccnc1-c1cc(Cl)nc(C(C)(C)C)n1. The molecule has 0 spiro atoms. The van der Waals surface area contributed by atoms with Gasteiger partial charge in [0.15, 0.2) is 5.82 Å². The Hall–Kier alpha value is -1.42. The van der Waals surface area contributed by atoms with E-state index in [-0.39, 0.29) is 5.41 Å². The maximum atomic E-state index is 6.08. The van der Waals surface area contributed by atoms with Crippen LogP contribution in [0.25, 0.3) is 11.5 Å². The van der Waals surface area contributed by atoms with E-state index in [4.69, 9.17) is 11.6 Å². The lowest BCUT2D eigenvalue weighted by Gasteiger charge is -2.17. The standard InChI is InChI=1S/C13H17ClN4/c1-5-18-7-6-15-11(18)9-8-10(14)17-12(16-9)13(2,3)4/h6-8H,5H2,1-4H3. The average Bonchev–Trinajstić information content (AvgIpc) is 2.74. The molecule has 0 fully saturated rings. The van der Waals surface area contributed by atoms with Crippen LogP contribution in [0.15, 0.2) is 18.5 Å². The quantitative estimate of drug-likeness (QED) is 0.782. The van der Waals surface area contributed by atoms with Crippen LogP contribution in [0.1, 0.15) is 33.5 Å². The second-order valence-electron chi connectivity index (χ2n) is 5.19. The number of aryl methyl sites for hydroxylation is 1. The summed E-state index contributed by atoms with van der Waals surface area (Å²) in [6, 6.07) is 1.76. The van der Waals surface area contributed by atoms with Crippen molar-refractivity contribution in [3.63, 3.8) is 0 Å². The van der Waals surface area contributed by atoms with Crippen molar-refractivity contribution < 1.29 is 0 Å². The van der Waals surface area contributed by atoms with Gasteiger partial charge in [0.05, 0.1) is 0 Å². The summed E-state index contributed by atoms with van der Waals surface area (Å²) in [7, 11) is 0. The zero-order valence-corrected chi connectivity index (χ0v) is 11.9. The summed E-state index contributed by atoms with van der Waals surface area (Å²) < 4.78 is 2.03. The second-order valence-corrected chi connectivity index (χ2v) is 5.57. The van der Waals surface area contributed by atoms with Crippen molar-refractivity contribution in [1.82, 2.24) is 19.5 Å². The summed E-state index contributed by atoms with van der Waals surface area (Å²) in [5, 5.41) is 0.454. The third-order valence-electron chi connectivity index (χ3n) is 2.65. The van der Waals surface area contributed by atoms with Gasteiger partial charge in [0.25, 0.3) is 0 Å². The van der Waals surface area contributed by atoms with Crippen molar-refractivity contribution in [2.45, 2.75) is 39.7 Å². The van der Waals surface area contributed by atoms with E-state index in [0.29, 0.717) is 5.15 Å². The molecule has 0 saturated heterocycles. The molecule has 4 nitrogen and oxygen atoms in total. The van der Waals surface area contributed by atoms with Crippen molar-refractivity contribution in [3.05, 3.63) is 29.4 Å². The zero-order valence-electron chi connectivity index (χ0n) is 11.1. The Bertz CT molecular complexity index is 554. The minimum Gasteiger partial charge on any atom is -0.330 e. The molecule has 0 unspecified atom stereocenters. The summed E-state index contributed by atoms with van der Waals surface area (Å²) >= 11 is 6.08. The smallest absolute Gasteiger partial charge is 0.158 e. The van der Waals surface area contributed by atoms with Gasteiger partial charge in [-0.3, -0.25) is 0 Å². The molecule has 0 bridgehead atoms. The lowest BCUT2D eigenvalue weighted by atomic mass is 9.95. The lowest BCUT2D eigenvalue weighted by molar-refractivity contribution is 0.545. The molecular weight excluding hydrogens is 248 g/mol. The molecule has 0 aliphatic heterocycles. The monoisotopic (exact) mass is 264 g/mol. The van der Waals surface area contributed by atoms with Crippen LogP contribution in [-0.4, -0.2) is 19.5 Å². The van der Waals surface area contributed by atoms with E-state index in [1.54, 1.807) is 12.3 Å². The normalized spacial score (nSPS) is 11.8. The summed E-state index contributed by atoms with van der Waals surface area (Å²) in [5.41, 5.74) is 0.635. The number of imidazole rings is 1. The van der Waals surface area contributed by atoms with Crippen molar-refractivity contribution >= 4 is 11.6 Å². The summed E-state index contributed by atoms with van der Waals surface area (Å²) in [6.45, 7) is 9.11. The fourth-order valence-electron chi connectivity index (χ4n) is 1.67. The third-order valence-corrected chi connectivity index (χ3v) is 2.84. The van der Waals surface area contributed by atoms with E-state index >= 15 is 0 Å². The van der Waals surface area contributed by atoms with Crippen LogP contribution >= 0.6 is 11.6 Å². The number of nitrogens with zero attached hydrogens (tertiary/aromatic N) is 4. The van der Waals surface area contributed by atoms with E-state index in [1.165, 1.54) is 0 Å². The van der Waals surface area contributed by atoms with Gasteiger partial charge in [0.1, 0.15) is 16.7 Å². The highest BCUT2D eigenvalue weighted by Gasteiger charge is 2.20. The van der Waals surface area contributed by atoms with Gasteiger partial charge in [-0.05, 0) is 6.92 Å². The molecule has 2 heterocycles. The van der Waals surface area contributed by atoms with Gasteiger partial charge >= 0.3 is 0 Å². The first-order chi connectivity index (χ1) is 8.41. The maximum Gasteiger partial charge on any atom is 0.158 e. The van der Waals surface area contributed by atoms with Gasteiger partial charge in [-0.1, -0.05) is 32.4 Å². The zero-order chi connectivity index (χ0) is 13.3. The van der Waals surface area contributed by atoms with E-state index in [1.807, 2.05) is 10.8 Å². The van der Waals surface area contributed by atoms with Gasteiger partial charge in [-0.25, -0.2) is 15.0 Å². The predicted molar refractivity (Wildman–Crippen MR) is 72.6 cm³/mol. The van der Waals surface area contributed by atoms with Crippen molar-refractivity contribution in [3.8, 4) is 11.5 Å². The molecule has 0 saturated carbocycles. The number of hydrogen-bond acceptors (Lipinski definition) is 3. The number of hydrogen-bond donors (Lipinski definition) is 0. The van der Waals surface area contributed by atoms with Gasteiger partial charge in [-0.2, -0.15) is 0 Å². The van der Waals surface area contributed by atoms with E-state index in [0.717, 1.165) is 23.9 Å². The van der Waals surface area contributed by atoms with Crippen LogP contribution in [0, 0.1) is 0 Å². The largest absolute Gasteiger partial charge is 0.330 e. The number of rotatable bonds is 2. The van der Waals surface area contributed by atoms with Crippen molar-refractivity contribution in [2.24, 2.45) is 0 Å². The molecule has 2 aromatic rings. The van der Waals surface area contributed by atoms with Crippen LogP contribution in [0.4, 0.5) is 0 Å². The van der Waals surface area contributed by atoms with Crippen molar-refractivity contribution in [1.29, 1.82) is 0 Å². The Morgan fingerprint density at radius 2 is 2.00 bits per heavy atom. The minimum absolute atomic E-state index is 0.136.